The van der Waals surface area contributed by atoms with Gasteiger partial charge in [-0.05, 0) is 42.5 Å². The van der Waals surface area contributed by atoms with E-state index in [2.05, 4.69) is 17.0 Å². The van der Waals surface area contributed by atoms with Gasteiger partial charge in [-0.1, -0.05) is 43.3 Å². The summed E-state index contributed by atoms with van der Waals surface area (Å²) in [6.45, 7) is 4.42. The van der Waals surface area contributed by atoms with Gasteiger partial charge in [-0.3, -0.25) is 4.90 Å². The SMILES string of the molecule is C[C@@H]1CN(Cc2ccccc2)CC[C@@H]1c1c(C(F)(F)F)ccc2ccoc12. The summed E-state index contributed by atoms with van der Waals surface area (Å²) in [5, 5.41) is 0.733. The number of piperidine rings is 1. The van der Waals surface area contributed by atoms with Gasteiger partial charge in [-0.15, -0.1) is 0 Å². The molecule has 2 nitrogen and oxygen atoms in total. The van der Waals surface area contributed by atoms with Crippen LogP contribution in [-0.2, 0) is 12.7 Å². The molecule has 1 aliphatic rings. The van der Waals surface area contributed by atoms with Crippen LogP contribution >= 0.6 is 0 Å². The molecule has 5 heteroatoms. The molecule has 0 aliphatic carbocycles. The van der Waals surface area contributed by atoms with Crippen LogP contribution in [-0.4, -0.2) is 18.0 Å². The average molecular weight is 373 g/mol. The first kappa shape index (κ1) is 18.1. The van der Waals surface area contributed by atoms with Crippen molar-refractivity contribution in [2.75, 3.05) is 13.1 Å². The van der Waals surface area contributed by atoms with Crippen LogP contribution in [0.1, 0.15) is 36.0 Å². The van der Waals surface area contributed by atoms with Crippen molar-refractivity contribution in [1.29, 1.82) is 0 Å². The smallest absolute Gasteiger partial charge is 0.416 e. The van der Waals surface area contributed by atoms with E-state index in [9.17, 15) is 13.2 Å². The Morgan fingerprint density at radius 3 is 2.56 bits per heavy atom. The van der Waals surface area contributed by atoms with E-state index in [1.54, 1.807) is 6.07 Å². The third-order valence-corrected chi connectivity index (χ3v) is 5.57. The molecule has 0 amide bonds. The zero-order chi connectivity index (χ0) is 19.0. The lowest BCUT2D eigenvalue weighted by Gasteiger charge is -2.38. The molecule has 0 N–H and O–H groups in total. The van der Waals surface area contributed by atoms with Gasteiger partial charge in [0, 0.05) is 24.0 Å². The van der Waals surface area contributed by atoms with Crippen molar-refractivity contribution in [1.82, 2.24) is 4.90 Å². The molecule has 1 saturated heterocycles. The summed E-state index contributed by atoms with van der Waals surface area (Å²) in [6.07, 6.45) is -2.21. The van der Waals surface area contributed by atoms with Gasteiger partial charge in [0.25, 0.3) is 0 Å². The molecule has 2 atom stereocenters. The fraction of sp³-hybridized carbons (Fsp3) is 0.364. The molecule has 1 fully saturated rings. The Bertz CT molecular complexity index is 916. The first-order chi connectivity index (χ1) is 12.9. The van der Waals surface area contributed by atoms with E-state index in [-0.39, 0.29) is 11.8 Å². The topological polar surface area (TPSA) is 16.4 Å². The van der Waals surface area contributed by atoms with Gasteiger partial charge in [0.15, 0.2) is 0 Å². The molecule has 27 heavy (non-hydrogen) atoms. The molecule has 142 valence electrons. The lowest BCUT2D eigenvalue weighted by Crippen LogP contribution is -2.38. The van der Waals surface area contributed by atoms with E-state index in [0.717, 1.165) is 25.0 Å². The van der Waals surface area contributed by atoms with Gasteiger partial charge in [0.2, 0.25) is 0 Å². The Hall–Kier alpha value is -2.27. The molecule has 2 heterocycles. The Balaban J connectivity index is 1.62. The van der Waals surface area contributed by atoms with Crippen LogP contribution in [0.4, 0.5) is 13.2 Å². The van der Waals surface area contributed by atoms with Crippen molar-refractivity contribution < 1.29 is 17.6 Å². The number of hydrogen-bond donors (Lipinski definition) is 0. The van der Waals surface area contributed by atoms with E-state index in [1.165, 1.54) is 24.0 Å². The van der Waals surface area contributed by atoms with Crippen molar-refractivity contribution in [3.63, 3.8) is 0 Å². The maximum absolute atomic E-state index is 13.7. The van der Waals surface area contributed by atoms with Gasteiger partial charge < -0.3 is 4.42 Å². The van der Waals surface area contributed by atoms with Crippen molar-refractivity contribution in [3.8, 4) is 0 Å². The molecular formula is C22H22F3NO. The number of benzene rings is 2. The molecule has 0 saturated carbocycles. The Morgan fingerprint density at radius 1 is 1.07 bits per heavy atom. The fourth-order valence-electron chi connectivity index (χ4n) is 4.32. The molecule has 4 rings (SSSR count). The summed E-state index contributed by atoms with van der Waals surface area (Å²) in [4.78, 5) is 2.33. The Morgan fingerprint density at radius 2 is 1.85 bits per heavy atom. The highest BCUT2D eigenvalue weighted by Crippen LogP contribution is 2.44. The third-order valence-electron chi connectivity index (χ3n) is 5.57. The standard InChI is InChI=1S/C22H22F3NO/c1-15-13-26(14-16-5-3-2-4-6-16)11-9-18(15)20-19(22(23,24)25)8-7-17-10-12-27-21(17)20/h2-8,10,12,15,18H,9,11,13-14H2,1H3/t15-,18+/m1/s1. The molecule has 2 aromatic carbocycles. The maximum Gasteiger partial charge on any atom is 0.416 e. The second kappa shape index (κ2) is 7.04. The number of rotatable bonds is 3. The van der Waals surface area contributed by atoms with E-state index in [0.29, 0.717) is 17.6 Å². The van der Waals surface area contributed by atoms with E-state index < -0.39 is 11.7 Å². The van der Waals surface area contributed by atoms with Gasteiger partial charge in [0.1, 0.15) is 5.58 Å². The summed E-state index contributed by atoms with van der Waals surface area (Å²) in [5.74, 6) is -0.0530. The molecule has 3 aromatic rings. The quantitative estimate of drug-likeness (QED) is 0.553. The highest BCUT2D eigenvalue weighted by Gasteiger charge is 2.39. The molecule has 0 unspecified atom stereocenters. The Kier molecular flexibility index (Phi) is 4.72. The molecule has 1 aromatic heterocycles. The van der Waals surface area contributed by atoms with Crippen LogP contribution in [0.15, 0.2) is 59.2 Å². The number of nitrogens with zero attached hydrogens (tertiary/aromatic N) is 1. The maximum atomic E-state index is 13.7. The number of furan rings is 1. The fourth-order valence-corrected chi connectivity index (χ4v) is 4.32. The van der Waals surface area contributed by atoms with Crippen molar-refractivity contribution in [2.24, 2.45) is 5.92 Å². The monoisotopic (exact) mass is 373 g/mol. The summed E-state index contributed by atoms with van der Waals surface area (Å²) < 4.78 is 46.5. The minimum Gasteiger partial charge on any atom is -0.464 e. The largest absolute Gasteiger partial charge is 0.464 e. The highest BCUT2D eigenvalue weighted by molar-refractivity contribution is 5.82. The second-order valence-electron chi connectivity index (χ2n) is 7.46. The number of halogens is 3. The zero-order valence-electron chi connectivity index (χ0n) is 15.2. The minimum atomic E-state index is -4.38. The highest BCUT2D eigenvalue weighted by atomic mass is 19.4. The zero-order valence-corrected chi connectivity index (χ0v) is 15.2. The molecular weight excluding hydrogens is 351 g/mol. The number of alkyl halides is 3. The van der Waals surface area contributed by atoms with Gasteiger partial charge in [-0.2, -0.15) is 13.2 Å². The van der Waals surface area contributed by atoms with Crippen molar-refractivity contribution in [3.05, 3.63) is 71.5 Å². The minimum absolute atomic E-state index is 0.110. The lowest BCUT2D eigenvalue weighted by atomic mass is 9.78. The summed E-state index contributed by atoms with van der Waals surface area (Å²) in [5.41, 5.74) is 1.39. The van der Waals surface area contributed by atoms with Gasteiger partial charge in [-0.25, -0.2) is 0 Å². The van der Waals surface area contributed by atoms with Crippen LogP contribution in [0.25, 0.3) is 11.0 Å². The number of hydrogen-bond acceptors (Lipinski definition) is 2. The van der Waals surface area contributed by atoms with Crippen molar-refractivity contribution >= 4 is 11.0 Å². The summed E-state index contributed by atoms with van der Waals surface area (Å²) in [6, 6.07) is 14.6. The predicted molar refractivity (Wildman–Crippen MR) is 99.5 cm³/mol. The molecule has 0 bridgehead atoms. The van der Waals surface area contributed by atoms with Crippen LogP contribution in [0.3, 0.4) is 0 Å². The van der Waals surface area contributed by atoms with Gasteiger partial charge >= 0.3 is 6.18 Å². The van der Waals surface area contributed by atoms with Crippen LogP contribution in [0.5, 0.6) is 0 Å². The Labute approximate surface area is 156 Å². The predicted octanol–water partition coefficient (Wildman–Crippen LogP) is 6.08. The molecule has 1 aliphatic heterocycles. The van der Waals surface area contributed by atoms with Crippen LogP contribution < -0.4 is 0 Å². The first-order valence-electron chi connectivity index (χ1n) is 9.27. The van der Waals surface area contributed by atoms with E-state index >= 15 is 0 Å². The number of fused-ring (bicyclic) bond motifs is 1. The van der Waals surface area contributed by atoms with Gasteiger partial charge in [0.05, 0.1) is 11.8 Å². The summed E-state index contributed by atoms with van der Waals surface area (Å²) >= 11 is 0. The molecule has 0 radical (unpaired) electrons. The normalized spacial score (nSPS) is 21.6. The third kappa shape index (κ3) is 3.61. The first-order valence-corrected chi connectivity index (χ1v) is 9.27. The van der Waals surface area contributed by atoms with E-state index in [1.807, 2.05) is 25.1 Å². The second-order valence-corrected chi connectivity index (χ2v) is 7.46. The summed E-state index contributed by atoms with van der Waals surface area (Å²) in [7, 11) is 0. The van der Waals surface area contributed by atoms with Crippen molar-refractivity contribution in [2.45, 2.75) is 32.0 Å². The average Bonchev–Trinajstić information content (AvgIpc) is 3.10. The lowest BCUT2D eigenvalue weighted by molar-refractivity contribution is -0.138. The molecule has 0 spiro atoms. The van der Waals surface area contributed by atoms with Crippen LogP contribution in [0.2, 0.25) is 0 Å². The van der Waals surface area contributed by atoms with Crippen LogP contribution in [0, 0.1) is 5.92 Å². The number of likely N-dealkylation sites (tertiary alicyclic amines) is 1. The van der Waals surface area contributed by atoms with E-state index in [4.69, 9.17) is 4.42 Å².